The molecule has 0 spiro atoms. The molecule has 30 heavy (non-hydrogen) atoms. The summed E-state index contributed by atoms with van der Waals surface area (Å²) >= 11 is 1.73. The van der Waals surface area contributed by atoms with Gasteiger partial charge in [-0.1, -0.05) is 42.5 Å². The first kappa shape index (κ1) is 20.3. The van der Waals surface area contributed by atoms with Crippen molar-refractivity contribution in [3.8, 4) is 0 Å². The van der Waals surface area contributed by atoms with Crippen LogP contribution in [0.15, 0.2) is 66.0 Å². The van der Waals surface area contributed by atoms with Gasteiger partial charge in [0.15, 0.2) is 0 Å². The zero-order valence-corrected chi connectivity index (χ0v) is 17.5. The fraction of sp³-hybridized carbons (Fsp3) is 0.250. The van der Waals surface area contributed by atoms with Crippen LogP contribution < -0.4 is 5.32 Å². The monoisotopic (exact) mass is 422 g/mol. The number of carbonyl (C=O) groups excluding carboxylic acids is 2. The van der Waals surface area contributed by atoms with Crippen LogP contribution >= 0.6 is 11.3 Å². The number of hydrogen-bond donors (Lipinski definition) is 1. The van der Waals surface area contributed by atoms with Gasteiger partial charge in [-0.2, -0.15) is 0 Å². The normalized spacial score (nSPS) is 16.6. The van der Waals surface area contributed by atoms with E-state index in [1.807, 2.05) is 35.2 Å². The Morgan fingerprint density at radius 2 is 1.87 bits per heavy atom. The van der Waals surface area contributed by atoms with Gasteiger partial charge in [0, 0.05) is 18.3 Å². The average Bonchev–Trinajstić information content (AvgIpc) is 3.22. The van der Waals surface area contributed by atoms with Gasteiger partial charge in [-0.15, -0.1) is 11.3 Å². The number of hydrogen-bond acceptors (Lipinski definition) is 3. The van der Waals surface area contributed by atoms with Crippen LogP contribution in [0.25, 0.3) is 0 Å². The third-order valence-electron chi connectivity index (χ3n) is 5.43. The lowest BCUT2D eigenvalue weighted by Gasteiger charge is -2.37. The van der Waals surface area contributed by atoms with Crippen molar-refractivity contribution in [1.29, 1.82) is 0 Å². The van der Waals surface area contributed by atoms with Gasteiger partial charge in [0.2, 0.25) is 11.8 Å². The van der Waals surface area contributed by atoms with Crippen molar-refractivity contribution in [2.45, 2.75) is 31.8 Å². The Kier molecular flexibility index (Phi) is 5.95. The van der Waals surface area contributed by atoms with Crippen molar-refractivity contribution in [1.82, 2.24) is 10.2 Å². The van der Waals surface area contributed by atoms with Gasteiger partial charge in [0.05, 0.1) is 18.5 Å². The summed E-state index contributed by atoms with van der Waals surface area (Å²) in [4.78, 5) is 28.4. The van der Waals surface area contributed by atoms with Crippen molar-refractivity contribution in [2.75, 3.05) is 6.54 Å². The Balaban J connectivity index is 1.63. The van der Waals surface area contributed by atoms with E-state index in [-0.39, 0.29) is 30.1 Å². The molecule has 3 aromatic rings. The van der Waals surface area contributed by atoms with Crippen LogP contribution in [0.3, 0.4) is 0 Å². The lowest BCUT2D eigenvalue weighted by Crippen LogP contribution is -2.42. The zero-order chi connectivity index (χ0) is 21.1. The molecule has 0 unspecified atom stereocenters. The molecule has 4 rings (SSSR count). The molecule has 4 nitrogen and oxygen atoms in total. The van der Waals surface area contributed by atoms with E-state index in [1.54, 1.807) is 23.5 Å². The highest BCUT2D eigenvalue weighted by atomic mass is 32.1. The summed E-state index contributed by atoms with van der Waals surface area (Å²) in [5.41, 5.74) is 2.95. The Labute approximate surface area is 179 Å². The number of fused-ring (bicyclic) bond motifs is 1. The maximum Gasteiger partial charge on any atom is 0.225 e. The maximum atomic E-state index is 13.4. The molecule has 0 radical (unpaired) electrons. The van der Waals surface area contributed by atoms with E-state index in [4.69, 9.17) is 0 Å². The van der Waals surface area contributed by atoms with Crippen molar-refractivity contribution >= 4 is 23.2 Å². The quantitative estimate of drug-likeness (QED) is 0.652. The lowest BCUT2D eigenvalue weighted by atomic mass is 9.92. The Morgan fingerprint density at radius 1 is 1.13 bits per heavy atom. The second kappa shape index (κ2) is 8.79. The van der Waals surface area contributed by atoms with Crippen molar-refractivity contribution < 1.29 is 14.0 Å². The van der Waals surface area contributed by atoms with Crippen molar-refractivity contribution in [3.05, 3.63) is 93.4 Å². The predicted octanol–water partition coefficient (Wildman–Crippen LogP) is 4.63. The first-order valence-corrected chi connectivity index (χ1v) is 10.8. The van der Waals surface area contributed by atoms with E-state index in [0.29, 0.717) is 12.1 Å². The molecule has 0 saturated heterocycles. The summed E-state index contributed by atoms with van der Waals surface area (Å²) in [6, 6.07) is 17.4. The molecular formula is C24H23FN2O2S. The minimum Gasteiger partial charge on any atom is -0.349 e. The Hall–Kier alpha value is -2.99. The van der Waals surface area contributed by atoms with Gasteiger partial charge in [-0.05, 0) is 46.7 Å². The van der Waals surface area contributed by atoms with Crippen LogP contribution in [-0.4, -0.2) is 23.3 Å². The Morgan fingerprint density at radius 3 is 2.57 bits per heavy atom. The molecule has 0 fully saturated rings. The molecule has 2 aromatic carbocycles. The van der Waals surface area contributed by atoms with Gasteiger partial charge in [-0.25, -0.2) is 4.39 Å². The summed E-state index contributed by atoms with van der Waals surface area (Å²) in [6.07, 6.45) is 0.942. The van der Waals surface area contributed by atoms with E-state index < -0.39 is 6.04 Å². The first-order valence-electron chi connectivity index (χ1n) is 9.96. The van der Waals surface area contributed by atoms with E-state index in [0.717, 1.165) is 12.0 Å². The molecule has 0 saturated carbocycles. The molecule has 6 heteroatoms. The van der Waals surface area contributed by atoms with Crippen molar-refractivity contribution in [2.24, 2.45) is 0 Å². The van der Waals surface area contributed by atoms with Crippen LogP contribution in [0.1, 0.15) is 47.0 Å². The number of carbonyl (C=O) groups is 2. The number of amides is 2. The topological polar surface area (TPSA) is 49.4 Å². The molecule has 2 atom stereocenters. The number of nitrogens with one attached hydrogen (secondary N) is 1. The minimum atomic E-state index is -0.504. The number of nitrogens with zero attached hydrogens (tertiary/aromatic N) is 1. The molecule has 1 aliphatic rings. The van der Waals surface area contributed by atoms with Crippen LogP contribution in [0.5, 0.6) is 0 Å². The summed E-state index contributed by atoms with van der Waals surface area (Å²) in [5.74, 6) is -0.615. The fourth-order valence-corrected chi connectivity index (χ4v) is 4.97. The second-order valence-corrected chi connectivity index (χ2v) is 8.46. The highest BCUT2D eigenvalue weighted by Gasteiger charge is 2.33. The largest absolute Gasteiger partial charge is 0.349 e. The molecule has 0 bridgehead atoms. The van der Waals surface area contributed by atoms with Gasteiger partial charge >= 0.3 is 0 Å². The SMILES string of the molecule is CC(=O)N[C@H](CC(=O)N1CCc2sccc2[C@@H]1c1ccccc1)c1ccc(F)cc1. The van der Waals surface area contributed by atoms with Crippen LogP contribution in [0, 0.1) is 5.82 Å². The van der Waals surface area contributed by atoms with E-state index >= 15 is 0 Å². The van der Waals surface area contributed by atoms with Crippen LogP contribution in [-0.2, 0) is 16.0 Å². The van der Waals surface area contributed by atoms with E-state index in [9.17, 15) is 14.0 Å². The van der Waals surface area contributed by atoms with E-state index in [2.05, 4.69) is 16.8 Å². The van der Waals surface area contributed by atoms with Crippen LogP contribution in [0.4, 0.5) is 4.39 Å². The van der Waals surface area contributed by atoms with Gasteiger partial charge < -0.3 is 10.2 Å². The predicted molar refractivity (Wildman–Crippen MR) is 116 cm³/mol. The Bertz CT molecular complexity index is 1030. The summed E-state index contributed by atoms with van der Waals surface area (Å²) in [6.45, 7) is 2.05. The molecule has 0 aliphatic carbocycles. The second-order valence-electron chi connectivity index (χ2n) is 7.46. The van der Waals surface area contributed by atoms with Gasteiger partial charge in [-0.3, -0.25) is 9.59 Å². The number of benzene rings is 2. The number of rotatable bonds is 5. The first-order chi connectivity index (χ1) is 14.5. The zero-order valence-electron chi connectivity index (χ0n) is 16.7. The lowest BCUT2D eigenvalue weighted by molar-refractivity contribution is -0.134. The third kappa shape index (κ3) is 4.28. The number of thiophene rings is 1. The summed E-state index contributed by atoms with van der Waals surface area (Å²) in [7, 11) is 0. The molecule has 1 aromatic heterocycles. The fourth-order valence-electron chi connectivity index (χ4n) is 4.06. The smallest absolute Gasteiger partial charge is 0.225 e. The minimum absolute atomic E-state index is 0.0382. The average molecular weight is 423 g/mol. The molecule has 154 valence electrons. The third-order valence-corrected chi connectivity index (χ3v) is 6.43. The molecular weight excluding hydrogens is 399 g/mol. The number of halogens is 1. The van der Waals surface area contributed by atoms with Gasteiger partial charge in [0.25, 0.3) is 0 Å². The van der Waals surface area contributed by atoms with E-state index in [1.165, 1.54) is 29.5 Å². The molecule has 1 N–H and O–H groups in total. The molecule has 2 amide bonds. The highest BCUT2D eigenvalue weighted by molar-refractivity contribution is 7.10. The highest BCUT2D eigenvalue weighted by Crippen LogP contribution is 2.38. The summed E-state index contributed by atoms with van der Waals surface area (Å²) in [5, 5.41) is 4.92. The van der Waals surface area contributed by atoms with Crippen LogP contribution in [0.2, 0.25) is 0 Å². The molecule has 1 aliphatic heterocycles. The summed E-state index contributed by atoms with van der Waals surface area (Å²) < 4.78 is 13.4. The molecule has 2 heterocycles. The van der Waals surface area contributed by atoms with Crippen molar-refractivity contribution in [3.63, 3.8) is 0 Å². The maximum absolute atomic E-state index is 13.4. The standard InChI is InChI=1S/C24H23FN2O2S/c1-16(28)26-21(17-7-9-19(25)10-8-17)15-23(29)27-13-11-22-20(12-14-30-22)24(27)18-5-3-2-4-6-18/h2-10,12,14,21,24H,11,13,15H2,1H3,(H,26,28)/t21-,24+/m1/s1. The van der Waals surface area contributed by atoms with Gasteiger partial charge in [0.1, 0.15) is 5.82 Å².